The van der Waals surface area contributed by atoms with E-state index >= 15 is 0 Å². The molecule has 0 spiro atoms. The van der Waals surface area contributed by atoms with E-state index in [1.165, 1.54) is 7.11 Å². The zero-order valence-electron chi connectivity index (χ0n) is 16.9. The lowest BCUT2D eigenvalue weighted by molar-refractivity contribution is -0.320. The van der Waals surface area contributed by atoms with Crippen molar-refractivity contribution in [1.29, 1.82) is 0 Å². The van der Waals surface area contributed by atoms with Crippen molar-refractivity contribution in [3.8, 4) is 11.5 Å². The van der Waals surface area contributed by atoms with Gasteiger partial charge in [0.1, 0.15) is 54.2 Å². The highest BCUT2D eigenvalue weighted by molar-refractivity contribution is 5.31. The maximum atomic E-state index is 10.6. The Hall–Kier alpha value is -1.80. The summed E-state index contributed by atoms with van der Waals surface area (Å²) in [4.78, 5) is 0. The Morgan fingerprint density at radius 2 is 1.48 bits per heavy atom. The molecule has 0 aromatic heterocycles. The van der Waals surface area contributed by atoms with Gasteiger partial charge in [-0.05, 0) is 24.3 Å². The Labute approximate surface area is 178 Å². The molecule has 174 valence electrons. The van der Waals surface area contributed by atoms with Crippen LogP contribution < -0.4 is 9.47 Å². The van der Waals surface area contributed by atoms with Crippen LogP contribution in [0.5, 0.6) is 11.5 Å². The van der Waals surface area contributed by atoms with E-state index in [-0.39, 0.29) is 5.57 Å². The zero-order valence-corrected chi connectivity index (χ0v) is 16.9. The first-order chi connectivity index (χ1) is 14.8. The molecule has 0 saturated carbocycles. The standard InChI is InChI=1S/C20H28O11/c1-9-14(23)15(24)12(7-21)29-19(9)31-18-13(8-22)30-20(17(26)16(18)25)28-11-5-3-10(27-2)4-6-11/h3-6,12-26H,1,7-8H2,2H3/t12-,13-,14-,15-,16-,17-,18-,19-,20-/m1/s1. The largest absolute Gasteiger partial charge is 0.497 e. The molecule has 0 radical (unpaired) electrons. The average Bonchev–Trinajstić information content (AvgIpc) is 2.79. The first-order valence-electron chi connectivity index (χ1n) is 9.70. The van der Waals surface area contributed by atoms with Gasteiger partial charge in [0.15, 0.2) is 6.29 Å². The molecule has 1 aromatic carbocycles. The maximum Gasteiger partial charge on any atom is 0.229 e. The van der Waals surface area contributed by atoms with Crippen LogP contribution in [0.25, 0.3) is 0 Å². The molecule has 1 aromatic rings. The van der Waals surface area contributed by atoms with E-state index in [1.807, 2.05) is 0 Å². The molecule has 0 bridgehead atoms. The third-order valence-electron chi connectivity index (χ3n) is 5.28. The lowest BCUT2D eigenvalue weighted by Crippen LogP contribution is -2.62. The zero-order chi connectivity index (χ0) is 22.7. The minimum Gasteiger partial charge on any atom is -0.497 e. The summed E-state index contributed by atoms with van der Waals surface area (Å²) in [6.07, 6.45) is -12.2. The van der Waals surface area contributed by atoms with Crippen LogP contribution in [0.15, 0.2) is 36.4 Å². The summed E-state index contributed by atoms with van der Waals surface area (Å²) in [6, 6.07) is 6.44. The van der Waals surface area contributed by atoms with Crippen molar-refractivity contribution in [3.05, 3.63) is 36.4 Å². The molecule has 2 saturated heterocycles. The van der Waals surface area contributed by atoms with Gasteiger partial charge in [-0.2, -0.15) is 0 Å². The number of rotatable bonds is 7. The number of benzene rings is 1. The molecule has 11 nitrogen and oxygen atoms in total. The molecule has 0 unspecified atom stereocenters. The normalized spacial score (nSPS) is 38.7. The molecule has 0 amide bonds. The number of ether oxygens (including phenoxy) is 5. The van der Waals surface area contributed by atoms with Gasteiger partial charge in [0.25, 0.3) is 0 Å². The SMILES string of the molecule is C=C1[C@@H](O[C@H]2[C@H](O)[C@@H](O)[C@H](Oc3ccc(OC)cc3)O[C@@H]2CO)O[C@H](CO)[C@@H](O)[C@@H]1O. The predicted molar refractivity (Wildman–Crippen MR) is 103 cm³/mol. The number of aliphatic hydroxyl groups is 6. The van der Waals surface area contributed by atoms with Crippen LogP contribution in [-0.2, 0) is 14.2 Å². The molecule has 9 atom stereocenters. The molecule has 3 rings (SSSR count). The van der Waals surface area contributed by atoms with E-state index in [0.29, 0.717) is 11.5 Å². The predicted octanol–water partition coefficient (Wildman–Crippen LogP) is -2.11. The molecular formula is C20H28O11. The van der Waals surface area contributed by atoms with E-state index in [1.54, 1.807) is 24.3 Å². The molecule has 31 heavy (non-hydrogen) atoms. The third kappa shape index (κ3) is 5.00. The van der Waals surface area contributed by atoms with Gasteiger partial charge in [0.2, 0.25) is 6.29 Å². The number of aliphatic hydroxyl groups excluding tert-OH is 6. The topological polar surface area (TPSA) is 168 Å². The van der Waals surface area contributed by atoms with E-state index in [4.69, 9.17) is 23.7 Å². The molecular weight excluding hydrogens is 416 g/mol. The molecule has 2 aliphatic heterocycles. The van der Waals surface area contributed by atoms with Gasteiger partial charge in [0, 0.05) is 5.57 Å². The molecule has 2 heterocycles. The highest BCUT2D eigenvalue weighted by atomic mass is 16.7. The summed E-state index contributed by atoms with van der Waals surface area (Å²) in [5.41, 5.74) is -0.0489. The summed E-state index contributed by atoms with van der Waals surface area (Å²) in [7, 11) is 1.51. The Morgan fingerprint density at radius 1 is 0.871 bits per heavy atom. The second-order valence-electron chi connectivity index (χ2n) is 7.30. The molecule has 6 N–H and O–H groups in total. The third-order valence-corrected chi connectivity index (χ3v) is 5.28. The lowest BCUT2D eigenvalue weighted by atomic mass is 9.96. The van der Waals surface area contributed by atoms with Gasteiger partial charge < -0.3 is 54.3 Å². The van der Waals surface area contributed by atoms with E-state index in [9.17, 15) is 30.6 Å². The average molecular weight is 444 g/mol. The first-order valence-corrected chi connectivity index (χ1v) is 9.70. The van der Waals surface area contributed by atoms with E-state index < -0.39 is 68.5 Å². The van der Waals surface area contributed by atoms with Gasteiger partial charge >= 0.3 is 0 Å². The number of hydrogen-bond donors (Lipinski definition) is 6. The van der Waals surface area contributed by atoms with Gasteiger partial charge in [0.05, 0.1) is 20.3 Å². The fraction of sp³-hybridized carbons (Fsp3) is 0.600. The van der Waals surface area contributed by atoms with Crippen molar-refractivity contribution in [3.63, 3.8) is 0 Å². The van der Waals surface area contributed by atoms with Gasteiger partial charge in [-0.1, -0.05) is 6.58 Å². The van der Waals surface area contributed by atoms with Crippen LogP contribution in [0, 0.1) is 0 Å². The van der Waals surface area contributed by atoms with E-state index in [2.05, 4.69) is 6.58 Å². The minimum atomic E-state index is -1.57. The van der Waals surface area contributed by atoms with Crippen molar-refractivity contribution >= 4 is 0 Å². The first kappa shape index (κ1) is 23.9. The summed E-state index contributed by atoms with van der Waals surface area (Å²) < 4.78 is 27.3. The Bertz CT molecular complexity index is 724. The smallest absolute Gasteiger partial charge is 0.229 e. The Kier molecular flexibility index (Phi) is 7.86. The van der Waals surface area contributed by atoms with Crippen LogP contribution in [0.3, 0.4) is 0 Å². The van der Waals surface area contributed by atoms with Gasteiger partial charge in [-0.15, -0.1) is 0 Å². The molecule has 0 aliphatic carbocycles. The minimum absolute atomic E-state index is 0.0489. The highest BCUT2D eigenvalue weighted by Crippen LogP contribution is 2.31. The highest BCUT2D eigenvalue weighted by Gasteiger charge is 2.49. The van der Waals surface area contributed by atoms with Crippen molar-refractivity contribution in [1.82, 2.24) is 0 Å². The Morgan fingerprint density at radius 3 is 2.06 bits per heavy atom. The number of hydrogen-bond acceptors (Lipinski definition) is 11. The van der Waals surface area contributed by atoms with Crippen LogP contribution in [0.4, 0.5) is 0 Å². The van der Waals surface area contributed by atoms with Gasteiger partial charge in [-0.25, -0.2) is 0 Å². The fourth-order valence-corrected chi connectivity index (χ4v) is 3.41. The fourth-order valence-electron chi connectivity index (χ4n) is 3.41. The number of methoxy groups -OCH3 is 1. The molecule has 11 heteroatoms. The van der Waals surface area contributed by atoms with Crippen molar-refractivity contribution in [2.45, 2.75) is 55.3 Å². The van der Waals surface area contributed by atoms with Crippen LogP contribution >= 0.6 is 0 Å². The van der Waals surface area contributed by atoms with Gasteiger partial charge in [-0.3, -0.25) is 0 Å². The maximum absolute atomic E-state index is 10.6. The second kappa shape index (κ2) is 10.2. The van der Waals surface area contributed by atoms with Crippen LogP contribution in [-0.4, -0.2) is 106 Å². The molecule has 2 aliphatic rings. The summed E-state index contributed by atoms with van der Waals surface area (Å²) in [5, 5.41) is 60.2. The lowest BCUT2D eigenvalue weighted by Gasteiger charge is -2.45. The van der Waals surface area contributed by atoms with E-state index in [0.717, 1.165) is 0 Å². The summed E-state index contributed by atoms with van der Waals surface area (Å²) in [5.74, 6) is 0.931. The van der Waals surface area contributed by atoms with Crippen LogP contribution in [0.1, 0.15) is 0 Å². The monoisotopic (exact) mass is 444 g/mol. The van der Waals surface area contributed by atoms with Crippen molar-refractivity contribution in [2.24, 2.45) is 0 Å². The summed E-state index contributed by atoms with van der Waals surface area (Å²) in [6.45, 7) is 2.43. The summed E-state index contributed by atoms with van der Waals surface area (Å²) >= 11 is 0. The van der Waals surface area contributed by atoms with Crippen molar-refractivity contribution in [2.75, 3.05) is 20.3 Å². The van der Waals surface area contributed by atoms with Crippen molar-refractivity contribution < 1.29 is 54.3 Å². The quantitative estimate of drug-likeness (QED) is 0.255. The second-order valence-corrected chi connectivity index (χ2v) is 7.30. The Balaban J connectivity index is 1.70. The van der Waals surface area contributed by atoms with Crippen LogP contribution in [0.2, 0.25) is 0 Å². The molecule has 2 fully saturated rings.